The molecule has 0 saturated heterocycles. The second-order valence-corrected chi connectivity index (χ2v) is 17.2. The molecule has 2 aromatic rings. The Hall–Kier alpha value is -1.96. The van der Waals surface area contributed by atoms with Crippen LogP contribution in [0.15, 0.2) is 97.1 Å². The summed E-state index contributed by atoms with van der Waals surface area (Å²) < 4.78 is 13.5. The number of carbonyl (C=O) groups excluding carboxylic acids is 1. The number of hydrogen-bond acceptors (Lipinski definition) is 3. The van der Waals surface area contributed by atoms with E-state index < -0.39 is 8.32 Å². The number of methoxy groups -OCH3 is 1. The first-order valence-corrected chi connectivity index (χ1v) is 19.2. The lowest BCUT2D eigenvalue weighted by Gasteiger charge is -2.44. The van der Waals surface area contributed by atoms with Crippen LogP contribution in [0.5, 0.6) is 0 Å². The molecular formula is C37H53IO3Si. The Morgan fingerprint density at radius 2 is 1.40 bits per heavy atom. The highest BCUT2D eigenvalue weighted by molar-refractivity contribution is 14.1. The first kappa shape index (κ1) is 36.2. The lowest BCUT2D eigenvalue weighted by atomic mass is 10.1. The maximum Gasteiger partial charge on any atom is 0.305 e. The van der Waals surface area contributed by atoms with Crippen molar-refractivity contribution >= 4 is 47.3 Å². The molecule has 3 nitrogen and oxygen atoms in total. The predicted molar refractivity (Wildman–Crippen MR) is 192 cm³/mol. The van der Waals surface area contributed by atoms with Gasteiger partial charge in [-0.15, -0.1) is 0 Å². The first-order chi connectivity index (χ1) is 20.3. The lowest BCUT2D eigenvalue weighted by Crippen LogP contribution is -2.67. The smallest absolute Gasteiger partial charge is 0.305 e. The maximum atomic E-state index is 11.9. The van der Waals surface area contributed by atoms with Gasteiger partial charge in [0.05, 0.1) is 13.2 Å². The number of unbranched alkanes of at least 4 members (excludes halogenated alkanes) is 6. The van der Waals surface area contributed by atoms with Crippen molar-refractivity contribution in [1.29, 1.82) is 0 Å². The highest BCUT2D eigenvalue weighted by Gasteiger charge is 2.51. The number of hydrogen-bond donors (Lipinski definition) is 0. The van der Waals surface area contributed by atoms with Crippen LogP contribution in [-0.2, 0) is 14.0 Å². The summed E-state index contributed by atoms with van der Waals surface area (Å²) in [5.41, 5.74) is 0. The Morgan fingerprint density at radius 3 is 1.98 bits per heavy atom. The monoisotopic (exact) mass is 700 g/mol. The van der Waals surface area contributed by atoms with E-state index >= 15 is 0 Å². The average molecular weight is 701 g/mol. The molecule has 0 N–H and O–H groups in total. The molecule has 0 aliphatic carbocycles. The van der Waals surface area contributed by atoms with Crippen LogP contribution in [0.2, 0.25) is 5.04 Å². The summed E-state index contributed by atoms with van der Waals surface area (Å²) in [6.07, 6.45) is 25.2. The minimum atomic E-state index is -2.71. The van der Waals surface area contributed by atoms with Gasteiger partial charge in [-0.05, 0) is 58.4 Å². The second-order valence-electron chi connectivity index (χ2n) is 11.9. The van der Waals surface area contributed by atoms with Crippen molar-refractivity contribution in [2.45, 2.75) is 103 Å². The largest absolute Gasteiger partial charge is 0.469 e. The number of alkyl halides is 1. The van der Waals surface area contributed by atoms with E-state index in [4.69, 9.17) is 9.16 Å². The molecule has 0 fully saturated rings. The molecule has 0 unspecified atom stereocenters. The first-order valence-electron chi connectivity index (χ1n) is 15.7. The van der Waals surface area contributed by atoms with Crippen LogP contribution in [-0.4, -0.2) is 31.9 Å². The number of esters is 1. The molecule has 0 aromatic heterocycles. The van der Waals surface area contributed by atoms with Gasteiger partial charge in [-0.3, -0.25) is 4.79 Å². The van der Waals surface area contributed by atoms with E-state index in [0.717, 1.165) is 12.8 Å². The number of allylic oxidation sites excluding steroid dienone is 5. The Balaban J connectivity index is 2.13. The van der Waals surface area contributed by atoms with Crippen LogP contribution in [0.1, 0.15) is 91.4 Å². The van der Waals surface area contributed by atoms with Crippen molar-refractivity contribution < 1.29 is 14.0 Å². The number of halogens is 1. The fourth-order valence-electron chi connectivity index (χ4n) is 5.36. The van der Waals surface area contributed by atoms with Gasteiger partial charge in [0, 0.05) is 6.42 Å². The summed E-state index contributed by atoms with van der Waals surface area (Å²) in [6, 6.07) is 21.5. The highest BCUT2D eigenvalue weighted by atomic mass is 127. The van der Waals surface area contributed by atoms with Gasteiger partial charge in [0.1, 0.15) is 0 Å². The summed E-state index contributed by atoms with van der Waals surface area (Å²) in [5.74, 6) is -0.175. The molecule has 2 rings (SSSR count). The molecule has 1 atom stereocenters. The van der Waals surface area contributed by atoms with Crippen LogP contribution in [0.25, 0.3) is 0 Å². The predicted octanol–water partition coefficient (Wildman–Crippen LogP) is 9.50. The Labute approximate surface area is 271 Å². The quantitative estimate of drug-likeness (QED) is 0.0263. The zero-order valence-corrected chi connectivity index (χ0v) is 29.6. The standard InChI is InChI=1S/C37H53IO3Si/c1-37(2,3)42(34-27-19-16-20-28-34,35-29-21-17-22-30-35)41-33(26-24-31-36(39)40-4)25-18-14-12-10-8-6-5-7-9-11-13-15-23-32-38/h6,8,12,14,16-22,25,27-30,33H,5,7,9-11,13,15,23-24,26,31-32H2,1-4H3/b8-6-,14-12-,25-18+/t33-/m1/s1. The molecule has 0 amide bonds. The number of rotatable bonds is 20. The number of benzene rings is 2. The molecule has 0 aliphatic heterocycles. The van der Waals surface area contributed by atoms with Gasteiger partial charge in [0.2, 0.25) is 0 Å². The normalized spacial score (nSPS) is 13.4. The molecule has 0 heterocycles. The van der Waals surface area contributed by atoms with Crippen molar-refractivity contribution in [2.24, 2.45) is 0 Å². The van der Waals surface area contributed by atoms with Gasteiger partial charge in [-0.1, -0.05) is 166 Å². The van der Waals surface area contributed by atoms with Gasteiger partial charge in [-0.25, -0.2) is 0 Å². The van der Waals surface area contributed by atoms with Crippen LogP contribution in [0, 0.1) is 0 Å². The van der Waals surface area contributed by atoms with Gasteiger partial charge in [0.15, 0.2) is 0 Å². The van der Waals surface area contributed by atoms with Crippen LogP contribution in [0.3, 0.4) is 0 Å². The van der Waals surface area contributed by atoms with Crippen LogP contribution >= 0.6 is 22.6 Å². The maximum absolute atomic E-state index is 11.9. The summed E-state index contributed by atoms with van der Waals surface area (Å²) in [5, 5.41) is 2.41. The van der Waals surface area contributed by atoms with Crippen LogP contribution in [0.4, 0.5) is 0 Å². The third-order valence-corrected chi connectivity index (χ3v) is 13.4. The summed E-state index contributed by atoms with van der Waals surface area (Å²) >= 11 is 2.47. The van der Waals surface area contributed by atoms with E-state index in [9.17, 15) is 4.79 Å². The molecule has 5 heteroatoms. The topological polar surface area (TPSA) is 35.5 Å². The molecule has 230 valence electrons. The second kappa shape index (κ2) is 20.9. The van der Waals surface area contributed by atoms with E-state index in [1.54, 1.807) is 0 Å². The van der Waals surface area contributed by atoms with Crippen molar-refractivity contribution in [3.8, 4) is 0 Å². The van der Waals surface area contributed by atoms with Gasteiger partial charge in [0.25, 0.3) is 8.32 Å². The molecule has 0 radical (unpaired) electrons. The molecule has 42 heavy (non-hydrogen) atoms. The van der Waals surface area contributed by atoms with E-state index in [1.807, 2.05) is 0 Å². The van der Waals surface area contributed by atoms with Crippen molar-refractivity contribution in [1.82, 2.24) is 0 Å². The van der Waals surface area contributed by atoms with E-state index in [2.05, 4.69) is 140 Å². The Morgan fingerprint density at radius 1 is 0.810 bits per heavy atom. The van der Waals surface area contributed by atoms with Gasteiger partial charge >= 0.3 is 5.97 Å². The van der Waals surface area contributed by atoms with E-state index in [1.165, 1.54) is 66.9 Å². The SMILES string of the molecule is COC(=O)CCC[C@@H](/C=C/C=C\C/C=C\CCCCCCCCI)O[Si](c1ccccc1)(c1ccccc1)C(C)(C)C. The summed E-state index contributed by atoms with van der Waals surface area (Å²) in [6.45, 7) is 6.90. The van der Waals surface area contributed by atoms with Crippen molar-refractivity contribution in [3.05, 3.63) is 97.1 Å². The molecular weight excluding hydrogens is 647 g/mol. The van der Waals surface area contributed by atoms with Crippen molar-refractivity contribution in [3.63, 3.8) is 0 Å². The van der Waals surface area contributed by atoms with Gasteiger partial charge < -0.3 is 9.16 Å². The lowest BCUT2D eigenvalue weighted by molar-refractivity contribution is -0.140. The van der Waals surface area contributed by atoms with E-state index in [-0.39, 0.29) is 17.1 Å². The molecule has 0 bridgehead atoms. The van der Waals surface area contributed by atoms with E-state index in [0.29, 0.717) is 12.8 Å². The third kappa shape index (κ3) is 12.7. The Bertz CT molecular complexity index is 1030. The fraction of sp³-hybridized carbons (Fsp3) is 0.486. The minimum Gasteiger partial charge on any atom is -0.469 e. The summed E-state index contributed by atoms with van der Waals surface area (Å²) in [7, 11) is -1.26. The number of ether oxygens (including phenoxy) is 1. The van der Waals surface area contributed by atoms with Crippen LogP contribution < -0.4 is 10.4 Å². The van der Waals surface area contributed by atoms with Gasteiger partial charge in [-0.2, -0.15) is 0 Å². The molecule has 0 aliphatic rings. The number of carbonyl (C=O) groups is 1. The van der Waals surface area contributed by atoms with Crippen molar-refractivity contribution in [2.75, 3.05) is 11.5 Å². The molecule has 0 saturated carbocycles. The zero-order valence-electron chi connectivity index (χ0n) is 26.4. The Kier molecular flexibility index (Phi) is 18.0. The zero-order chi connectivity index (χ0) is 30.5. The third-order valence-electron chi connectivity index (χ3n) is 7.61. The average Bonchev–Trinajstić information content (AvgIpc) is 2.99. The molecule has 0 spiro atoms. The minimum absolute atomic E-state index is 0.111. The summed E-state index contributed by atoms with van der Waals surface area (Å²) in [4.78, 5) is 11.9. The highest BCUT2D eigenvalue weighted by Crippen LogP contribution is 2.38. The molecule has 2 aromatic carbocycles. The fourth-order valence-corrected chi connectivity index (χ4v) is 10.6.